The van der Waals surface area contributed by atoms with Crippen molar-refractivity contribution in [2.45, 2.75) is 12.5 Å². The van der Waals surface area contributed by atoms with E-state index < -0.39 is 0 Å². The van der Waals surface area contributed by atoms with Crippen LogP contribution in [0.15, 0.2) is 48.5 Å². The van der Waals surface area contributed by atoms with Crippen molar-refractivity contribution in [2.24, 2.45) is 0 Å². The van der Waals surface area contributed by atoms with Crippen molar-refractivity contribution in [3.8, 4) is 0 Å². The molecule has 1 unspecified atom stereocenters. The van der Waals surface area contributed by atoms with Crippen LogP contribution in [0.3, 0.4) is 0 Å². The van der Waals surface area contributed by atoms with Crippen LogP contribution in [0.2, 0.25) is 10.0 Å². The Balaban J connectivity index is 2.23. The average molecular weight is 280 g/mol. The molecular formula is C15H15Cl2N. The molecule has 3 heteroatoms. The van der Waals surface area contributed by atoms with Crippen LogP contribution in [-0.2, 0) is 6.42 Å². The largest absolute Gasteiger partial charge is 0.313 e. The van der Waals surface area contributed by atoms with Crippen LogP contribution in [-0.4, -0.2) is 7.05 Å². The highest BCUT2D eigenvalue weighted by molar-refractivity contribution is 6.31. The molecule has 0 saturated carbocycles. The van der Waals surface area contributed by atoms with E-state index in [1.807, 2.05) is 43.4 Å². The summed E-state index contributed by atoms with van der Waals surface area (Å²) < 4.78 is 0. The lowest BCUT2D eigenvalue weighted by molar-refractivity contribution is 0.592. The van der Waals surface area contributed by atoms with E-state index in [0.717, 1.165) is 22.0 Å². The third-order valence-corrected chi connectivity index (χ3v) is 3.59. The number of benzene rings is 2. The molecule has 0 radical (unpaired) electrons. The summed E-state index contributed by atoms with van der Waals surface area (Å²) in [7, 11) is 1.95. The Labute approximate surface area is 118 Å². The molecule has 0 saturated heterocycles. The number of likely N-dealkylation sites (N-methyl/N-ethyl adjacent to an activating group) is 1. The van der Waals surface area contributed by atoms with Crippen molar-refractivity contribution < 1.29 is 0 Å². The van der Waals surface area contributed by atoms with Crippen LogP contribution >= 0.6 is 23.2 Å². The molecule has 2 aromatic rings. The van der Waals surface area contributed by atoms with Crippen LogP contribution < -0.4 is 5.32 Å². The molecule has 0 fully saturated rings. The van der Waals surface area contributed by atoms with Crippen molar-refractivity contribution in [3.63, 3.8) is 0 Å². The summed E-state index contributed by atoms with van der Waals surface area (Å²) in [4.78, 5) is 0. The third kappa shape index (κ3) is 3.26. The van der Waals surface area contributed by atoms with Crippen molar-refractivity contribution in [1.29, 1.82) is 0 Å². The molecule has 94 valence electrons. The van der Waals surface area contributed by atoms with Crippen molar-refractivity contribution >= 4 is 23.2 Å². The van der Waals surface area contributed by atoms with Gasteiger partial charge >= 0.3 is 0 Å². The predicted molar refractivity (Wildman–Crippen MR) is 78.4 cm³/mol. The van der Waals surface area contributed by atoms with Gasteiger partial charge in [-0.1, -0.05) is 53.5 Å². The first-order chi connectivity index (χ1) is 8.70. The Kier molecular flexibility index (Phi) is 4.65. The van der Waals surface area contributed by atoms with Gasteiger partial charge in [0.05, 0.1) is 0 Å². The highest BCUT2D eigenvalue weighted by Gasteiger charge is 2.12. The number of hydrogen-bond donors (Lipinski definition) is 1. The van der Waals surface area contributed by atoms with Gasteiger partial charge in [-0.05, 0) is 42.8 Å². The predicted octanol–water partition coefficient (Wildman–Crippen LogP) is 4.50. The fourth-order valence-electron chi connectivity index (χ4n) is 1.99. The number of rotatable bonds is 4. The average Bonchev–Trinajstić information content (AvgIpc) is 2.38. The molecule has 0 aliphatic carbocycles. The van der Waals surface area contributed by atoms with Gasteiger partial charge in [0.25, 0.3) is 0 Å². The Hall–Kier alpha value is -1.02. The van der Waals surface area contributed by atoms with E-state index in [1.54, 1.807) is 0 Å². The van der Waals surface area contributed by atoms with E-state index >= 15 is 0 Å². The minimum absolute atomic E-state index is 0.212. The van der Waals surface area contributed by atoms with Crippen LogP contribution in [0.25, 0.3) is 0 Å². The van der Waals surface area contributed by atoms with E-state index in [1.165, 1.54) is 5.56 Å². The maximum Gasteiger partial charge on any atom is 0.0438 e. The first-order valence-corrected chi connectivity index (χ1v) is 6.62. The van der Waals surface area contributed by atoms with Crippen LogP contribution in [0, 0.1) is 0 Å². The molecule has 0 bridgehead atoms. The summed E-state index contributed by atoms with van der Waals surface area (Å²) in [6.07, 6.45) is 0.844. The van der Waals surface area contributed by atoms with Crippen molar-refractivity contribution in [3.05, 3.63) is 69.7 Å². The van der Waals surface area contributed by atoms with E-state index in [2.05, 4.69) is 17.4 Å². The summed E-state index contributed by atoms with van der Waals surface area (Å²) >= 11 is 12.2. The molecule has 1 nitrogen and oxygen atoms in total. The molecule has 0 aromatic heterocycles. The topological polar surface area (TPSA) is 12.0 Å². The molecule has 2 aromatic carbocycles. The van der Waals surface area contributed by atoms with E-state index in [-0.39, 0.29) is 6.04 Å². The lowest BCUT2D eigenvalue weighted by atomic mass is 9.99. The molecule has 0 aliphatic rings. The second-order valence-corrected chi connectivity index (χ2v) is 5.04. The molecule has 1 atom stereocenters. The Bertz CT molecular complexity index is 525. The molecule has 0 heterocycles. The summed E-state index contributed by atoms with van der Waals surface area (Å²) in [5.41, 5.74) is 2.31. The monoisotopic (exact) mass is 279 g/mol. The maximum absolute atomic E-state index is 6.19. The van der Waals surface area contributed by atoms with Gasteiger partial charge in [0.2, 0.25) is 0 Å². The molecule has 0 aliphatic heterocycles. The van der Waals surface area contributed by atoms with Gasteiger partial charge in [-0.15, -0.1) is 0 Å². The Morgan fingerprint density at radius 1 is 1.06 bits per heavy atom. The van der Waals surface area contributed by atoms with Crippen LogP contribution in [0.1, 0.15) is 17.2 Å². The first kappa shape index (κ1) is 13.4. The highest BCUT2D eigenvalue weighted by Crippen LogP contribution is 2.24. The van der Waals surface area contributed by atoms with Crippen molar-refractivity contribution in [2.75, 3.05) is 7.05 Å². The lowest BCUT2D eigenvalue weighted by Gasteiger charge is -2.17. The first-order valence-electron chi connectivity index (χ1n) is 5.87. The molecule has 0 spiro atoms. The Morgan fingerprint density at radius 3 is 2.50 bits per heavy atom. The number of halogens is 2. The van der Waals surface area contributed by atoms with Gasteiger partial charge in [0.15, 0.2) is 0 Å². The lowest BCUT2D eigenvalue weighted by Crippen LogP contribution is -2.18. The van der Waals surface area contributed by atoms with E-state index in [9.17, 15) is 0 Å². The number of hydrogen-bond acceptors (Lipinski definition) is 1. The van der Waals surface area contributed by atoms with Crippen LogP contribution in [0.5, 0.6) is 0 Å². The zero-order valence-corrected chi connectivity index (χ0v) is 11.7. The molecular weight excluding hydrogens is 265 g/mol. The summed E-state index contributed by atoms with van der Waals surface area (Å²) in [6, 6.07) is 16.0. The van der Waals surface area contributed by atoms with Gasteiger partial charge in [-0.2, -0.15) is 0 Å². The fourth-order valence-corrected chi connectivity index (χ4v) is 2.41. The van der Waals surface area contributed by atoms with Gasteiger partial charge in [-0.25, -0.2) is 0 Å². The van der Waals surface area contributed by atoms with Gasteiger partial charge in [-0.3, -0.25) is 0 Å². The normalized spacial score (nSPS) is 12.4. The smallest absolute Gasteiger partial charge is 0.0438 e. The van der Waals surface area contributed by atoms with Crippen molar-refractivity contribution in [1.82, 2.24) is 5.32 Å². The summed E-state index contributed by atoms with van der Waals surface area (Å²) in [5, 5.41) is 4.87. The van der Waals surface area contributed by atoms with E-state index in [4.69, 9.17) is 23.2 Å². The molecule has 18 heavy (non-hydrogen) atoms. The minimum Gasteiger partial charge on any atom is -0.313 e. The molecule has 1 N–H and O–H groups in total. The van der Waals surface area contributed by atoms with Crippen LogP contribution in [0.4, 0.5) is 0 Å². The molecule has 0 amide bonds. The maximum atomic E-state index is 6.19. The van der Waals surface area contributed by atoms with Gasteiger partial charge < -0.3 is 5.32 Å². The number of nitrogens with one attached hydrogen (secondary N) is 1. The Morgan fingerprint density at radius 2 is 1.83 bits per heavy atom. The SMILES string of the molecule is CNC(Cc1ccccc1Cl)c1cccc(Cl)c1. The van der Waals surface area contributed by atoms with Gasteiger partial charge in [0, 0.05) is 16.1 Å². The van der Waals surface area contributed by atoms with E-state index in [0.29, 0.717) is 0 Å². The highest BCUT2D eigenvalue weighted by atomic mass is 35.5. The molecule has 2 rings (SSSR count). The standard InChI is InChI=1S/C15H15Cl2N/c1-18-15(12-6-4-7-13(16)9-12)10-11-5-2-3-8-14(11)17/h2-9,15,18H,10H2,1H3. The summed E-state index contributed by atoms with van der Waals surface area (Å²) in [6.45, 7) is 0. The summed E-state index contributed by atoms with van der Waals surface area (Å²) in [5.74, 6) is 0. The van der Waals surface area contributed by atoms with Gasteiger partial charge in [0.1, 0.15) is 0 Å². The second kappa shape index (κ2) is 6.24. The zero-order chi connectivity index (χ0) is 13.0. The quantitative estimate of drug-likeness (QED) is 0.869. The fraction of sp³-hybridized carbons (Fsp3) is 0.200. The third-order valence-electron chi connectivity index (χ3n) is 2.98. The second-order valence-electron chi connectivity index (χ2n) is 4.19. The zero-order valence-electron chi connectivity index (χ0n) is 10.2. The minimum atomic E-state index is 0.212.